The van der Waals surface area contributed by atoms with Gasteiger partial charge in [-0.25, -0.2) is 5.84 Å². The monoisotopic (exact) mass is 191 g/mol. The first-order chi connectivity index (χ1) is 6.83. The second-order valence-electron chi connectivity index (χ2n) is 3.34. The molecule has 0 saturated heterocycles. The molecule has 0 fully saturated rings. The van der Waals surface area contributed by atoms with Gasteiger partial charge in [0.05, 0.1) is 0 Å². The highest BCUT2D eigenvalue weighted by Crippen LogP contribution is 2.22. The fourth-order valence-electron chi connectivity index (χ4n) is 1.82. The molecule has 1 unspecified atom stereocenters. The van der Waals surface area contributed by atoms with E-state index in [-0.39, 0.29) is 11.9 Å². The van der Waals surface area contributed by atoms with Crippen molar-refractivity contribution in [3.8, 4) is 0 Å². The van der Waals surface area contributed by atoms with E-state index in [1.807, 2.05) is 24.3 Å². The lowest BCUT2D eigenvalue weighted by Gasteiger charge is -2.25. The summed E-state index contributed by atoms with van der Waals surface area (Å²) in [5.41, 5.74) is 4.43. The molecule has 0 bridgehead atoms. The highest BCUT2D eigenvalue weighted by atomic mass is 16.2. The molecule has 0 aliphatic carbocycles. The van der Waals surface area contributed by atoms with E-state index in [1.54, 1.807) is 0 Å². The van der Waals surface area contributed by atoms with Crippen molar-refractivity contribution in [3.63, 3.8) is 0 Å². The van der Waals surface area contributed by atoms with Gasteiger partial charge in [0, 0.05) is 6.54 Å². The maximum atomic E-state index is 11.4. The van der Waals surface area contributed by atoms with Crippen molar-refractivity contribution in [2.24, 2.45) is 5.84 Å². The van der Waals surface area contributed by atoms with Crippen LogP contribution < -0.4 is 16.6 Å². The van der Waals surface area contributed by atoms with Gasteiger partial charge in [0.1, 0.15) is 6.04 Å². The summed E-state index contributed by atoms with van der Waals surface area (Å²) in [6.45, 7) is 0.815. The van der Waals surface area contributed by atoms with Crippen LogP contribution in [0, 0.1) is 0 Å². The molecule has 1 heterocycles. The van der Waals surface area contributed by atoms with Gasteiger partial charge in [0.2, 0.25) is 0 Å². The molecular formula is C10H13N3O. The Hall–Kier alpha value is -1.39. The Bertz CT molecular complexity index is 351. The van der Waals surface area contributed by atoms with E-state index in [0.29, 0.717) is 0 Å². The van der Waals surface area contributed by atoms with Gasteiger partial charge in [-0.3, -0.25) is 10.2 Å². The number of carbonyl (C=O) groups excluding carboxylic acids is 1. The summed E-state index contributed by atoms with van der Waals surface area (Å²) >= 11 is 0. The third kappa shape index (κ3) is 1.49. The van der Waals surface area contributed by atoms with E-state index in [9.17, 15) is 4.79 Å². The van der Waals surface area contributed by atoms with Crippen molar-refractivity contribution in [2.75, 3.05) is 6.54 Å². The van der Waals surface area contributed by atoms with E-state index in [0.717, 1.165) is 18.5 Å². The average Bonchev–Trinajstić information content (AvgIpc) is 2.27. The van der Waals surface area contributed by atoms with Gasteiger partial charge >= 0.3 is 0 Å². The van der Waals surface area contributed by atoms with Gasteiger partial charge in [0.15, 0.2) is 0 Å². The molecule has 1 aromatic carbocycles. The van der Waals surface area contributed by atoms with Crippen LogP contribution in [0.25, 0.3) is 0 Å². The van der Waals surface area contributed by atoms with E-state index in [1.165, 1.54) is 5.56 Å². The van der Waals surface area contributed by atoms with Crippen LogP contribution in [0.15, 0.2) is 24.3 Å². The molecule has 14 heavy (non-hydrogen) atoms. The van der Waals surface area contributed by atoms with Crippen molar-refractivity contribution < 1.29 is 4.79 Å². The van der Waals surface area contributed by atoms with Crippen molar-refractivity contribution >= 4 is 5.91 Å². The number of nitrogens with two attached hydrogens (primary N) is 1. The fourth-order valence-corrected chi connectivity index (χ4v) is 1.82. The molecule has 0 spiro atoms. The smallest absolute Gasteiger partial charge is 0.255 e. The summed E-state index contributed by atoms with van der Waals surface area (Å²) in [6, 6.07) is 7.63. The Morgan fingerprint density at radius 3 is 3.07 bits per heavy atom. The van der Waals surface area contributed by atoms with Gasteiger partial charge in [-0.05, 0) is 17.5 Å². The minimum Gasteiger partial charge on any atom is -0.302 e. The van der Waals surface area contributed by atoms with Gasteiger partial charge in [0.25, 0.3) is 5.91 Å². The molecule has 0 radical (unpaired) electrons. The van der Waals surface area contributed by atoms with Crippen LogP contribution in [0.5, 0.6) is 0 Å². The molecule has 1 aromatic rings. The lowest BCUT2D eigenvalue weighted by atomic mass is 9.94. The summed E-state index contributed by atoms with van der Waals surface area (Å²) in [6.07, 6.45) is 0.963. The quantitative estimate of drug-likeness (QED) is 0.329. The first-order valence-electron chi connectivity index (χ1n) is 4.64. The SMILES string of the molecule is NNC(=O)C1NCCc2ccccc21. The normalized spacial score (nSPS) is 19.9. The number of benzene rings is 1. The molecule has 0 saturated carbocycles. The summed E-state index contributed by atoms with van der Waals surface area (Å²) in [5, 5.41) is 3.13. The Kier molecular flexibility index (Phi) is 2.47. The highest BCUT2D eigenvalue weighted by Gasteiger charge is 2.24. The summed E-state index contributed by atoms with van der Waals surface area (Å²) in [7, 11) is 0. The molecule has 1 aliphatic heterocycles. The molecule has 0 aromatic heterocycles. The third-order valence-corrected chi connectivity index (χ3v) is 2.51. The molecule has 1 aliphatic rings. The number of rotatable bonds is 1. The van der Waals surface area contributed by atoms with Crippen molar-refractivity contribution in [1.82, 2.24) is 10.7 Å². The predicted octanol–water partition coefficient (Wildman–Crippen LogP) is -0.137. The molecule has 2 rings (SSSR count). The lowest BCUT2D eigenvalue weighted by molar-refractivity contribution is -0.123. The van der Waals surface area contributed by atoms with Crippen LogP contribution >= 0.6 is 0 Å². The second-order valence-corrected chi connectivity index (χ2v) is 3.34. The van der Waals surface area contributed by atoms with Crippen LogP contribution in [-0.2, 0) is 11.2 Å². The number of hydrogen-bond donors (Lipinski definition) is 3. The second kappa shape index (κ2) is 3.77. The van der Waals surface area contributed by atoms with E-state index in [2.05, 4.69) is 10.7 Å². The van der Waals surface area contributed by atoms with E-state index in [4.69, 9.17) is 5.84 Å². The van der Waals surface area contributed by atoms with Crippen LogP contribution in [0.3, 0.4) is 0 Å². The molecule has 1 amide bonds. The predicted molar refractivity (Wildman–Crippen MR) is 53.2 cm³/mol. The first-order valence-corrected chi connectivity index (χ1v) is 4.64. The van der Waals surface area contributed by atoms with E-state index < -0.39 is 0 Å². The van der Waals surface area contributed by atoms with Crippen LogP contribution in [0.4, 0.5) is 0 Å². The minimum atomic E-state index is -0.301. The van der Waals surface area contributed by atoms with Gasteiger partial charge in [-0.1, -0.05) is 24.3 Å². The molecule has 1 atom stereocenters. The Labute approximate surface area is 82.5 Å². The van der Waals surface area contributed by atoms with Crippen LogP contribution in [-0.4, -0.2) is 12.5 Å². The van der Waals surface area contributed by atoms with E-state index >= 15 is 0 Å². The standard InChI is InChI=1S/C10H13N3O/c11-13-10(14)9-8-4-2-1-3-7(8)5-6-12-9/h1-4,9,12H,5-6,11H2,(H,13,14). The summed E-state index contributed by atoms with van der Waals surface area (Å²) < 4.78 is 0. The zero-order valence-electron chi connectivity index (χ0n) is 7.79. The Balaban J connectivity index is 2.35. The van der Waals surface area contributed by atoms with Gasteiger partial charge in [-0.2, -0.15) is 0 Å². The van der Waals surface area contributed by atoms with Gasteiger partial charge in [-0.15, -0.1) is 0 Å². The van der Waals surface area contributed by atoms with Crippen LogP contribution in [0.1, 0.15) is 17.2 Å². The maximum Gasteiger partial charge on any atom is 0.255 e. The number of nitrogens with one attached hydrogen (secondary N) is 2. The maximum absolute atomic E-state index is 11.4. The Morgan fingerprint density at radius 2 is 2.29 bits per heavy atom. The van der Waals surface area contributed by atoms with Crippen molar-refractivity contribution in [3.05, 3.63) is 35.4 Å². The molecule has 4 N–H and O–H groups in total. The zero-order valence-corrected chi connectivity index (χ0v) is 7.79. The minimum absolute atomic E-state index is 0.183. The number of fused-ring (bicyclic) bond motifs is 1. The fraction of sp³-hybridized carbons (Fsp3) is 0.300. The number of carbonyl (C=O) groups is 1. The zero-order chi connectivity index (χ0) is 9.97. The Morgan fingerprint density at radius 1 is 1.50 bits per heavy atom. The van der Waals surface area contributed by atoms with Crippen LogP contribution in [0.2, 0.25) is 0 Å². The largest absolute Gasteiger partial charge is 0.302 e. The topological polar surface area (TPSA) is 67.1 Å². The number of hydrazine groups is 1. The molecular weight excluding hydrogens is 178 g/mol. The summed E-state index contributed by atoms with van der Waals surface area (Å²) in [5.74, 6) is 4.94. The average molecular weight is 191 g/mol. The first kappa shape index (κ1) is 9.18. The molecule has 4 nitrogen and oxygen atoms in total. The molecule has 4 heteroatoms. The van der Waals surface area contributed by atoms with Crippen molar-refractivity contribution in [1.29, 1.82) is 0 Å². The van der Waals surface area contributed by atoms with Crippen molar-refractivity contribution in [2.45, 2.75) is 12.5 Å². The highest BCUT2D eigenvalue weighted by molar-refractivity contribution is 5.83. The van der Waals surface area contributed by atoms with Gasteiger partial charge < -0.3 is 5.32 Å². The summed E-state index contributed by atoms with van der Waals surface area (Å²) in [4.78, 5) is 11.4. The lowest BCUT2D eigenvalue weighted by Crippen LogP contribution is -2.43. The number of amides is 1. The molecule has 74 valence electrons. The number of hydrogen-bond acceptors (Lipinski definition) is 3. The third-order valence-electron chi connectivity index (χ3n) is 2.51.